The normalized spacial score (nSPS) is 7.54. The molecule has 0 unspecified atom stereocenters. The number of ether oxygens (including phenoxy) is 2. The zero-order chi connectivity index (χ0) is 10.7. The number of esters is 1. The van der Waals surface area contributed by atoms with Crippen LogP contribution >= 0.6 is 0 Å². The Morgan fingerprint density at radius 1 is 1.38 bits per heavy atom. The molecule has 0 rings (SSSR count). The van der Waals surface area contributed by atoms with Crippen molar-refractivity contribution in [3.05, 3.63) is 12.7 Å². The molecule has 0 aliphatic rings. The molecule has 0 fully saturated rings. The Morgan fingerprint density at radius 2 is 1.85 bits per heavy atom. The molecule has 0 aliphatic heterocycles. The van der Waals surface area contributed by atoms with E-state index in [2.05, 4.69) is 21.8 Å². The third kappa shape index (κ3) is 13.5. The second kappa shape index (κ2) is 10.5. The Bertz CT molecular complexity index is 173. The van der Waals surface area contributed by atoms with Gasteiger partial charge in [-0.25, -0.2) is 9.59 Å². The van der Waals surface area contributed by atoms with Crippen molar-refractivity contribution < 1.29 is 20.5 Å². The smallest absolute Gasteiger partial charge is 0.404 e. The number of hydrogen-bond donors (Lipinski definition) is 1. The van der Waals surface area contributed by atoms with E-state index in [4.69, 9.17) is 0 Å². The first-order valence-corrected chi connectivity index (χ1v) is 3.88. The molecule has 0 aliphatic carbocycles. The van der Waals surface area contributed by atoms with Gasteiger partial charge in [0.2, 0.25) is 0 Å². The van der Waals surface area contributed by atoms with E-state index in [0.29, 0.717) is 0 Å². The largest absolute Gasteiger partial charge is 0.459 e. The first-order chi connectivity index (χ1) is 6.16. The van der Waals surface area contributed by atoms with Crippen LogP contribution in [-0.4, -0.2) is 25.3 Å². The van der Waals surface area contributed by atoms with Crippen molar-refractivity contribution in [1.82, 2.24) is 0 Å². The maximum Gasteiger partial charge on any atom is 0.404 e. The van der Waals surface area contributed by atoms with Crippen LogP contribution < -0.4 is 5.73 Å². The van der Waals surface area contributed by atoms with E-state index in [-0.39, 0.29) is 14.6 Å². The predicted octanol–water partition coefficient (Wildman–Crippen LogP) is 1.08. The highest BCUT2D eigenvalue weighted by molar-refractivity contribution is 5.81. The van der Waals surface area contributed by atoms with Crippen LogP contribution in [0.2, 0.25) is 0 Å². The van der Waals surface area contributed by atoms with Gasteiger partial charge in [-0.05, 0) is 0 Å². The molecule has 1 amide bonds. The van der Waals surface area contributed by atoms with Crippen molar-refractivity contribution in [3.8, 4) is 0 Å². The van der Waals surface area contributed by atoms with Crippen molar-refractivity contribution in [2.24, 2.45) is 5.73 Å². The van der Waals surface area contributed by atoms with Gasteiger partial charge in [0, 0.05) is 7.50 Å². The summed E-state index contributed by atoms with van der Waals surface area (Å²) in [6.45, 7) is 7.13. The molecule has 0 aromatic carbocycles. The molecule has 0 bridgehead atoms. The molecular weight excluding hydrogens is 174 g/mol. The van der Waals surface area contributed by atoms with E-state index >= 15 is 0 Å². The van der Waals surface area contributed by atoms with Gasteiger partial charge in [0.1, 0.15) is 13.2 Å². The minimum absolute atomic E-state index is 0. The lowest BCUT2D eigenvalue weighted by molar-refractivity contribution is -0.138. The molecule has 0 saturated heterocycles. The van der Waals surface area contributed by atoms with Gasteiger partial charge in [-0.15, -0.1) is 0 Å². The van der Waals surface area contributed by atoms with Crippen LogP contribution in [0.25, 0.3) is 0 Å². The van der Waals surface area contributed by atoms with Crippen molar-refractivity contribution in [2.45, 2.75) is 13.8 Å². The molecule has 78 valence electrons. The summed E-state index contributed by atoms with van der Waals surface area (Å²) >= 11 is 0. The van der Waals surface area contributed by atoms with Gasteiger partial charge < -0.3 is 15.2 Å². The zero-order valence-corrected chi connectivity index (χ0v) is 7.91. The lowest BCUT2D eigenvalue weighted by atomic mass is 10.6. The average Bonchev–Trinajstić information content (AvgIpc) is 2.15. The lowest BCUT2D eigenvalue weighted by Gasteiger charge is -2.00. The number of nitrogens with two attached hydrogens (primary N) is 1. The number of primary amides is 1. The Balaban J connectivity index is -0.000000376. The first-order valence-electron chi connectivity index (χ1n) is 3.88. The molecule has 0 aromatic rings. The summed E-state index contributed by atoms with van der Waals surface area (Å²) in [4.78, 5) is 20.3. The summed E-state index contributed by atoms with van der Waals surface area (Å²) in [5, 5.41) is 0. The standard InChI is InChI=1S/C6H9NO4.C2H6.H2/c1-2-5(8)10-3-4-11-6(7)9;1-2;/h2H,1,3-4H2,(H2,7,9);1-2H3;1H. The van der Waals surface area contributed by atoms with Crippen molar-refractivity contribution >= 4 is 12.1 Å². The monoisotopic (exact) mass is 191 g/mol. The second-order valence-corrected chi connectivity index (χ2v) is 1.54. The van der Waals surface area contributed by atoms with Crippen molar-refractivity contribution in [1.29, 1.82) is 0 Å². The Kier molecular flexibility index (Phi) is 11.3. The number of hydrogen-bond acceptors (Lipinski definition) is 4. The highest BCUT2D eigenvalue weighted by Crippen LogP contribution is 1.80. The molecule has 0 atom stereocenters. The molecule has 0 spiro atoms. The second-order valence-electron chi connectivity index (χ2n) is 1.54. The number of amides is 1. The van der Waals surface area contributed by atoms with Gasteiger partial charge in [0.25, 0.3) is 0 Å². The minimum Gasteiger partial charge on any atom is -0.459 e. The van der Waals surface area contributed by atoms with Crippen LogP contribution in [0.15, 0.2) is 12.7 Å². The summed E-state index contributed by atoms with van der Waals surface area (Å²) in [5.74, 6) is -0.557. The fourth-order valence-corrected chi connectivity index (χ4v) is 0.343. The SMILES string of the molecule is C=CC(=O)OCCOC(N)=O.CC.[HH]. The summed E-state index contributed by atoms with van der Waals surface area (Å²) in [7, 11) is 0. The molecule has 0 saturated carbocycles. The Labute approximate surface area is 79.0 Å². The van der Waals surface area contributed by atoms with Gasteiger partial charge >= 0.3 is 12.1 Å². The quantitative estimate of drug-likeness (QED) is 0.409. The molecule has 0 heterocycles. The van der Waals surface area contributed by atoms with Crippen LogP contribution in [0.1, 0.15) is 15.3 Å². The van der Waals surface area contributed by atoms with E-state index in [1.54, 1.807) is 0 Å². The summed E-state index contributed by atoms with van der Waals surface area (Å²) < 4.78 is 8.72. The number of carbonyl (C=O) groups is 2. The van der Waals surface area contributed by atoms with Crippen molar-refractivity contribution in [3.63, 3.8) is 0 Å². The van der Waals surface area contributed by atoms with Crippen LogP contribution in [0.3, 0.4) is 0 Å². The van der Waals surface area contributed by atoms with Crippen LogP contribution in [0.5, 0.6) is 0 Å². The molecular formula is C8H17NO4. The first kappa shape index (κ1) is 14.0. The lowest BCUT2D eigenvalue weighted by Crippen LogP contribution is -2.17. The molecule has 0 aromatic heterocycles. The predicted molar refractivity (Wildman–Crippen MR) is 50.2 cm³/mol. The molecule has 5 nitrogen and oxygen atoms in total. The van der Waals surface area contributed by atoms with Crippen LogP contribution in [0.4, 0.5) is 4.79 Å². The van der Waals surface area contributed by atoms with E-state index in [1.807, 2.05) is 13.8 Å². The van der Waals surface area contributed by atoms with Gasteiger partial charge in [-0.2, -0.15) is 0 Å². The molecule has 0 radical (unpaired) electrons. The highest BCUT2D eigenvalue weighted by Gasteiger charge is 1.96. The summed E-state index contributed by atoms with van der Waals surface area (Å²) in [5.41, 5.74) is 4.62. The molecule has 13 heavy (non-hydrogen) atoms. The van der Waals surface area contributed by atoms with Gasteiger partial charge in [-0.3, -0.25) is 0 Å². The van der Waals surface area contributed by atoms with Gasteiger partial charge in [-0.1, -0.05) is 20.4 Å². The maximum absolute atomic E-state index is 10.3. The van der Waals surface area contributed by atoms with E-state index < -0.39 is 12.1 Å². The molecule has 2 N–H and O–H groups in total. The average molecular weight is 191 g/mol. The van der Waals surface area contributed by atoms with Gasteiger partial charge in [0.15, 0.2) is 0 Å². The Morgan fingerprint density at radius 3 is 2.23 bits per heavy atom. The fraction of sp³-hybridized carbons (Fsp3) is 0.500. The third-order valence-corrected chi connectivity index (χ3v) is 0.739. The summed E-state index contributed by atoms with van der Waals surface area (Å²) in [6, 6.07) is 0. The van der Waals surface area contributed by atoms with Crippen LogP contribution in [-0.2, 0) is 14.3 Å². The van der Waals surface area contributed by atoms with E-state index in [9.17, 15) is 9.59 Å². The fourth-order valence-electron chi connectivity index (χ4n) is 0.343. The van der Waals surface area contributed by atoms with Crippen molar-refractivity contribution in [2.75, 3.05) is 13.2 Å². The van der Waals surface area contributed by atoms with E-state index in [1.165, 1.54) is 0 Å². The minimum atomic E-state index is -0.889. The molecule has 5 heteroatoms. The third-order valence-electron chi connectivity index (χ3n) is 0.739. The number of rotatable bonds is 4. The summed E-state index contributed by atoms with van der Waals surface area (Å²) in [6.07, 6.45) is 0.129. The van der Waals surface area contributed by atoms with E-state index in [0.717, 1.165) is 6.08 Å². The number of carbonyl (C=O) groups excluding carboxylic acids is 2. The zero-order valence-electron chi connectivity index (χ0n) is 7.91. The Hall–Kier alpha value is -1.52. The topological polar surface area (TPSA) is 78.6 Å². The maximum atomic E-state index is 10.3. The van der Waals surface area contributed by atoms with Gasteiger partial charge in [0.05, 0.1) is 0 Å². The van der Waals surface area contributed by atoms with Crippen LogP contribution in [0, 0.1) is 0 Å². The highest BCUT2D eigenvalue weighted by atomic mass is 16.6.